The van der Waals surface area contributed by atoms with Gasteiger partial charge in [0.15, 0.2) is 0 Å². The fourth-order valence-electron chi connectivity index (χ4n) is 6.66. The van der Waals surface area contributed by atoms with Gasteiger partial charge in [-0.3, -0.25) is 0 Å². The summed E-state index contributed by atoms with van der Waals surface area (Å²) in [7, 11) is 0. The van der Waals surface area contributed by atoms with Gasteiger partial charge in [0, 0.05) is 60.5 Å². The molecule has 42 heavy (non-hydrogen) atoms. The van der Waals surface area contributed by atoms with Crippen LogP contribution < -0.4 is 5.32 Å². The van der Waals surface area contributed by atoms with E-state index in [1.54, 1.807) is 0 Å². The Hall–Kier alpha value is -4.90. The van der Waals surface area contributed by atoms with Gasteiger partial charge in [-0.25, -0.2) is 0 Å². The molecular formula is C38H26N2OS. The van der Waals surface area contributed by atoms with Crippen LogP contribution in [0.25, 0.3) is 69.6 Å². The number of benzene rings is 6. The first kappa shape index (κ1) is 23.8. The fraction of sp³-hybridized carbons (Fsp3) is 0.0526. The van der Waals surface area contributed by atoms with E-state index in [9.17, 15) is 0 Å². The Bertz CT molecular complexity index is 2460. The molecule has 3 aromatic heterocycles. The van der Waals surface area contributed by atoms with Crippen molar-refractivity contribution >= 4 is 75.3 Å². The molecule has 0 bridgehead atoms. The first-order valence-corrected chi connectivity index (χ1v) is 15.2. The summed E-state index contributed by atoms with van der Waals surface area (Å²) in [6, 6.07) is 45.7. The highest BCUT2D eigenvalue weighted by Gasteiger charge is 2.17. The van der Waals surface area contributed by atoms with Crippen LogP contribution in [-0.4, -0.2) is 4.57 Å². The predicted molar refractivity (Wildman–Crippen MR) is 178 cm³/mol. The molecule has 0 saturated heterocycles. The Labute approximate surface area is 246 Å². The summed E-state index contributed by atoms with van der Waals surface area (Å²) in [5.41, 5.74) is 8.06. The molecule has 3 heterocycles. The van der Waals surface area contributed by atoms with Gasteiger partial charge in [0.25, 0.3) is 0 Å². The molecule has 0 aliphatic heterocycles. The molecule has 0 atom stereocenters. The lowest BCUT2D eigenvalue weighted by Crippen LogP contribution is -2.13. The third kappa shape index (κ3) is 3.56. The quantitative estimate of drug-likeness (QED) is 0.228. The number of rotatable bonds is 5. The number of fused-ring (bicyclic) bond motifs is 10. The molecule has 0 spiro atoms. The number of nitrogens with one attached hydrogen (secondary N) is 1. The third-order valence-corrected chi connectivity index (χ3v) is 9.69. The first-order valence-electron chi connectivity index (χ1n) is 14.4. The minimum atomic E-state index is 0.768. The standard InChI is InChI=1S/C38H26N2OS/c1-4-15-31-29(13-1)37-32(20-19-28-27-12-3-6-18-35(27)42-38(28)37)40(31)26-11-7-9-24(21-26)22-39-23-25-10-8-17-34-36(25)30-14-2-5-16-33(30)41-34/h1-21,39H,22-23H2. The number of para-hydroxylation sites is 2. The molecule has 0 aliphatic carbocycles. The van der Waals surface area contributed by atoms with Crippen molar-refractivity contribution in [3.05, 3.63) is 139 Å². The van der Waals surface area contributed by atoms with Gasteiger partial charge in [-0.05, 0) is 53.6 Å². The summed E-state index contributed by atoms with van der Waals surface area (Å²) < 4.78 is 11.2. The van der Waals surface area contributed by atoms with Crippen LogP contribution in [0.3, 0.4) is 0 Å². The molecule has 0 unspecified atom stereocenters. The molecule has 6 aromatic carbocycles. The molecule has 0 radical (unpaired) electrons. The Kier molecular flexibility index (Phi) is 5.27. The van der Waals surface area contributed by atoms with Gasteiger partial charge >= 0.3 is 0 Å². The molecule has 0 fully saturated rings. The van der Waals surface area contributed by atoms with Gasteiger partial charge < -0.3 is 14.3 Å². The lowest BCUT2D eigenvalue weighted by Gasteiger charge is -2.11. The van der Waals surface area contributed by atoms with Gasteiger partial charge in [0.05, 0.1) is 11.0 Å². The number of hydrogen-bond acceptors (Lipinski definition) is 3. The molecule has 200 valence electrons. The SMILES string of the molecule is c1cc(CNCc2cccc3oc4ccccc4c23)cc(-n2c3ccccc3c3c4sc5ccccc5c4ccc32)c1. The van der Waals surface area contributed by atoms with Gasteiger partial charge in [-0.15, -0.1) is 11.3 Å². The second-order valence-electron chi connectivity index (χ2n) is 10.9. The second kappa shape index (κ2) is 9.31. The van der Waals surface area contributed by atoms with Crippen LogP contribution in [0.5, 0.6) is 0 Å². The molecule has 4 heteroatoms. The van der Waals surface area contributed by atoms with E-state index in [-0.39, 0.29) is 0 Å². The number of furan rings is 1. The van der Waals surface area contributed by atoms with Crippen LogP contribution in [0.1, 0.15) is 11.1 Å². The Morgan fingerprint density at radius 2 is 1.36 bits per heavy atom. The normalized spacial score (nSPS) is 12.1. The topological polar surface area (TPSA) is 30.1 Å². The van der Waals surface area contributed by atoms with Gasteiger partial charge in [0.2, 0.25) is 0 Å². The van der Waals surface area contributed by atoms with Gasteiger partial charge in [-0.1, -0.05) is 84.9 Å². The van der Waals surface area contributed by atoms with Crippen molar-refractivity contribution in [2.24, 2.45) is 0 Å². The molecular weight excluding hydrogens is 532 g/mol. The summed E-state index contributed by atoms with van der Waals surface area (Å²) >= 11 is 1.90. The number of nitrogens with zero attached hydrogens (tertiary/aromatic N) is 1. The summed E-state index contributed by atoms with van der Waals surface area (Å²) in [4.78, 5) is 0. The Morgan fingerprint density at radius 1 is 0.571 bits per heavy atom. The van der Waals surface area contributed by atoms with Crippen molar-refractivity contribution in [3.8, 4) is 5.69 Å². The molecule has 3 nitrogen and oxygen atoms in total. The van der Waals surface area contributed by atoms with Crippen molar-refractivity contribution in [2.75, 3.05) is 0 Å². The van der Waals surface area contributed by atoms with Crippen molar-refractivity contribution in [1.29, 1.82) is 0 Å². The second-order valence-corrected chi connectivity index (χ2v) is 12.0. The zero-order valence-corrected chi connectivity index (χ0v) is 23.6. The van der Waals surface area contributed by atoms with E-state index < -0.39 is 0 Å². The molecule has 0 saturated carbocycles. The Morgan fingerprint density at radius 3 is 2.31 bits per heavy atom. The lowest BCUT2D eigenvalue weighted by molar-refractivity contribution is 0.666. The number of hydrogen-bond donors (Lipinski definition) is 1. The van der Waals surface area contributed by atoms with E-state index in [0.29, 0.717) is 0 Å². The van der Waals surface area contributed by atoms with Crippen LogP contribution in [0.4, 0.5) is 0 Å². The lowest BCUT2D eigenvalue weighted by atomic mass is 10.1. The monoisotopic (exact) mass is 558 g/mol. The zero-order valence-electron chi connectivity index (χ0n) is 22.8. The highest BCUT2D eigenvalue weighted by molar-refractivity contribution is 7.26. The average molecular weight is 559 g/mol. The highest BCUT2D eigenvalue weighted by atomic mass is 32.1. The highest BCUT2D eigenvalue weighted by Crippen LogP contribution is 2.43. The maximum atomic E-state index is 6.10. The maximum absolute atomic E-state index is 6.10. The largest absolute Gasteiger partial charge is 0.456 e. The van der Waals surface area contributed by atoms with Crippen LogP contribution in [0.2, 0.25) is 0 Å². The summed E-state index contributed by atoms with van der Waals surface area (Å²) in [5.74, 6) is 0. The number of aromatic nitrogens is 1. The van der Waals surface area contributed by atoms with E-state index in [4.69, 9.17) is 4.42 Å². The van der Waals surface area contributed by atoms with Crippen LogP contribution in [0.15, 0.2) is 132 Å². The smallest absolute Gasteiger partial charge is 0.135 e. The third-order valence-electron chi connectivity index (χ3n) is 8.48. The molecule has 1 N–H and O–H groups in total. The minimum absolute atomic E-state index is 0.768. The first-order chi connectivity index (χ1) is 20.8. The average Bonchev–Trinajstić information content (AvgIpc) is 3.71. The van der Waals surface area contributed by atoms with Gasteiger partial charge in [-0.2, -0.15) is 0 Å². The van der Waals surface area contributed by atoms with Crippen molar-refractivity contribution in [1.82, 2.24) is 9.88 Å². The molecule has 0 amide bonds. The zero-order chi connectivity index (χ0) is 27.6. The van der Waals surface area contributed by atoms with Crippen LogP contribution in [0, 0.1) is 0 Å². The minimum Gasteiger partial charge on any atom is -0.456 e. The van der Waals surface area contributed by atoms with E-state index in [0.717, 1.165) is 24.3 Å². The Balaban J connectivity index is 1.10. The van der Waals surface area contributed by atoms with Gasteiger partial charge in [0.1, 0.15) is 11.2 Å². The van der Waals surface area contributed by atoms with Crippen molar-refractivity contribution in [2.45, 2.75) is 13.1 Å². The maximum Gasteiger partial charge on any atom is 0.135 e. The summed E-state index contributed by atoms with van der Waals surface area (Å²) in [6.07, 6.45) is 0. The predicted octanol–water partition coefficient (Wildman–Crippen LogP) is 10.3. The van der Waals surface area contributed by atoms with E-state index in [1.165, 1.54) is 69.6 Å². The van der Waals surface area contributed by atoms with Crippen LogP contribution >= 0.6 is 11.3 Å². The molecule has 9 rings (SSSR count). The summed E-state index contributed by atoms with van der Waals surface area (Å²) in [5, 5.41) is 11.4. The number of thiophene rings is 1. The summed E-state index contributed by atoms with van der Waals surface area (Å²) in [6.45, 7) is 1.54. The van der Waals surface area contributed by atoms with Crippen molar-refractivity contribution in [3.63, 3.8) is 0 Å². The fourth-order valence-corrected chi connectivity index (χ4v) is 7.91. The van der Waals surface area contributed by atoms with E-state index >= 15 is 0 Å². The van der Waals surface area contributed by atoms with Crippen molar-refractivity contribution < 1.29 is 4.42 Å². The molecule has 0 aliphatic rings. The van der Waals surface area contributed by atoms with E-state index in [1.807, 2.05) is 23.5 Å². The molecule has 9 aromatic rings. The van der Waals surface area contributed by atoms with Crippen LogP contribution in [-0.2, 0) is 13.1 Å². The van der Waals surface area contributed by atoms with E-state index in [2.05, 4.69) is 125 Å².